The van der Waals surface area contributed by atoms with Crippen LogP contribution in [-0.4, -0.2) is 38.7 Å². The molecular formula is C15H18FNO5S. The van der Waals surface area contributed by atoms with E-state index in [-0.39, 0.29) is 11.4 Å². The monoisotopic (exact) mass is 343 g/mol. The molecule has 126 valence electrons. The van der Waals surface area contributed by atoms with E-state index in [0.29, 0.717) is 0 Å². The first-order chi connectivity index (χ1) is 10.8. The minimum atomic E-state index is -3.72. The summed E-state index contributed by atoms with van der Waals surface area (Å²) in [6, 6.07) is 4.30. The van der Waals surface area contributed by atoms with E-state index in [4.69, 9.17) is 4.74 Å². The van der Waals surface area contributed by atoms with Crippen LogP contribution in [0.4, 0.5) is 4.39 Å². The predicted molar refractivity (Wildman–Crippen MR) is 81.8 cm³/mol. The van der Waals surface area contributed by atoms with Gasteiger partial charge in [-0.2, -0.15) is 0 Å². The molecule has 6 nitrogen and oxygen atoms in total. The summed E-state index contributed by atoms with van der Waals surface area (Å²) >= 11 is 0. The van der Waals surface area contributed by atoms with Gasteiger partial charge in [0.2, 0.25) is 0 Å². The maximum absolute atomic E-state index is 12.8. The molecule has 1 aromatic rings. The van der Waals surface area contributed by atoms with Crippen molar-refractivity contribution in [2.24, 2.45) is 0 Å². The van der Waals surface area contributed by atoms with Gasteiger partial charge in [-0.3, -0.25) is 9.59 Å². The molecule has 0 spiro atoms. The third-order valence-electron chi connectivity index (χ3n) is 2.85. The van der Waals surface area contributed by atoms with Crippen LogP contribution in [0, 0.1) is 5.82 Å². The Labute approximate surface area is 134 Å². The standard InChI is InChI=1S/C15H18FNO5S/c1-3-9-17-15(19)11(2)22-14(18)8-10-23(20,21)13-6-4-12(16)5-7-13/h3-7,11H,1,8-10H2,2H3,(H,17,19)/t11-/m0/s1. The number of benzene rings is 1. The van der Waals surface area contributed by atoms with E-state index in [1.54, 1.807) is 0 Å². The number of carbonyl (C=O) groups excluding carboxylic acids is 2. The van der Waals surface area contributed by atoms with Crippen molar-refractivity contribution in [2.75, 3.05) is 12.3 Å². The van der Waals surface area contributed by atoms with Crippen molar-refractivity contribution in [3.05, 3.63) is 42.7 Å². The molecule has 1 aromatic carbocycles. The number of amides is 1. The minimum Gasteiger partial charge on any atom is -0.453 e. The Bertz CT molecular complexity index is 670. The molecule has 23 heavy (non-hydrogen) atoms. The number of sulfone groups is 1. The highest BCUT2D eigenvalue weighted by Gasteiger charge is 2.20. The molecule has 0 aromatic heterocycles. The van der Waals surface area contributed by atoms with E-state index in [2.05, 4.69) is 11.9 Å². The van der Waals surface area contributed by atoms with Crippen LogP contribution in [-0.2, 0) is 24.2 Å². The number of ether oxygens (including phenoxy) is 1. The topological polar surface area (TPSA) is 89.5 Å². The first-order valence-electron chi connectivity index (χ1n) is 6.82. The van der Waals surface area contributed by atoms with Crippen LogP contribution in [0.1, 0.15) is 13.3 Å². The van der Waals surface area contributed by atoms with Gasteiger partial charge in [0.05, 0.1) is 17.1 Å². The van der Waals surface area contributed by atoms with Crippen molar-refractivity contribution in [1.29, 1.82) is 0 Å². The molecule has 0 fully saturated rings. The highest BCUT2D eigenvalue weighted by Crippen LogP contribution is 2.13. The molecule has 0 radical (unpaired) electrons. The van der Waals surface area contributed by atoms with Gasteiger partial charge in [0.25, 0.3) is 5.91 Å². The number of rotatable bonds is 8. The van der Waals surface area contributed by atoms with Gasteiger partial charge in [-0.05, 0) is 31.2 Å². The highest BCUT2D eigenvalue weighted by molar-refractivity contribution is 7.91. The third kappa shape index (κ3) is 6.19. The fourth-order valence-electron chi connectivity index (χ4n) is 1.60. The molecule has 1 amide bonds. The predicted octanol–water partition coefficient (Wildman–Crippen LogP) is 1.22. The lowest BCUT2D eigenvalue weighted by atomic mass is 10.3. The summed E-state index contributed by atoms with van der Waals surface area (Å²) in [6.45, 7) is 5.05. The van der Waals surface area contributed by atoms with Crippen molar-refractivity contribution in [3.63, 3.8) is 0 Å². The molecule has 0 heterocycles. The van der Waals surface area contributed by atoms with Gasteiger partial charge >= 0.3 is 5.97 Å². The molecule has 1 N–H and O–H groups in total. The van der Waals surface area contributed by atoms with Gasteiger partial charge in [-0.1, -0.05) is 6.08 Å². The van der Waals surface area contributed by atoms with Crippen LogP contribution in [0.2, 0.25) is 0 Å². The number of halogens is 1. The summed E-state index contributed by atoms with van der Waals surface area (Å²) in [7, 11) is -3.72. The zero-order chi connectivity index (χ0) is 17.5. The van der Waals surface area contributed by atoms with Gasteiger partial charge in [0.15, 0.2) is 15.9 Å². The number of carbonyl (C=O) groups is 2. The Kier molecular flexibility index (Phi) is 6.89. The molecule has 0 saturated carbocycles. The Morgan fingerprint density at radius 2 is 1.96 bits per heavy atom. The third-order valence-corrected chi connectivity index (χ3v) is 4.58. The summed E-state index contributed by atoms with van der Waals surface area (Å²) < 4.78 is 41.6. The minimum absolute atomic E-state index is 0.0801. The smallest absolute Gasteiger partial charge is 0.307 e. The highest BCUT2D eigenvalue weighted by atomic mass is 32.2. The van der Waals surface area contributed by atoms with Crippen molar-refractivity contribution < 1.29 is 27.1 Å². The molecular weight excluding hydrogens is 325 g/mol. The molecule has 0 aliphatic carbocycles. The largest absolute Gasteiger partial charge is 0.453 e. The normalized spacial score (nSPS) is 12.3. The fraction of sp³-hybridized carbons (Fsp3) is 0.333. The molecule has 1 atom stereocenters. The second kappa shape index (κ2) is 8.42. The summed E-state index contributed by atoms with van der Waals surface area (Å²) in [5.41, 5.74) is 0. The van der Waals surface area contributed by atoms with E-state index >= 15 is 0 Å². The van der Waals surface area contributed by atoms with Crippen LogP contribution < -0.4 is 5.32 Å². The van der Waals surface area contributed by atoms with Crippen LogP contribution in [0.5, 0.6) is 0 Å². The van der Waals surface area contributed by atoms with Gasteiger partial charge < -0.3 is 10.1 Å². The van der Waals surface area contributed by atoms with E-state index in [9.17, 15) is 22.4 Å². The summed E-state index contributed by atoms with van der Waals surface area (Å²) in [5.74, 6) is -2.35. The van der Waals surface area contributed by atoms with Crippen LogP contribution in [0.25, 0.3) is 0 Å². The van der Waals surface area contributed by atoms with Gasteiger partial charge in [0.1, 0.15) is 5.82 Å². The lowest BCUT2D eigenvalue weighted by Crippen LogP contribution is -2.36. The second-order valence-corrected chi connectivity index (χ2v) is 6.80. The number of hydrogen-bond acceptors (Lipinski definition) is 5. The van der Waals surface area contributed by atoms with Gasteiger partial charge in [-0.15, -0.1) is 6.58 Å². The van der Waals surface area contributed by atoms with E-state index in [1.165, 1.54) is 13.0 Å². The summed E-state index contributed by atoms with van der Waals surface area (Å²) in [5, 5.41) is 2.45. The lowest BCUT2D eigenvalue weighted by Gasteiger charge is -2.12. The van der Waals surface area contributed by atoms with Crippen molar-refractivity contribution in [2.45, 2.75) is 24.3 Å². The Morgan fingerprint density at radius 3 is 2.52 bits per heavy atom. The van der Waals surface area contributed by atoms with Gasteiger partial charge in [-0.25, -0.2) is 12.8 Å². The molecule has 0 unspecified atom stereocenters. The molecule has 1 rings (SSSR count). The molecule has 8 heteroatoms. The molecule has 0 bridgehead atoms. The van der Waals surface area contributed by atoms with E-state index in [0.717, 1.165) is 24.3 Å². The number of nitrogens with one attached hydrogen (secondary N) is 1. The lowest BCUT2D eigenvalue weighted by molar-refractivity contribution is -0.154. The zero-order valence-electron chi connectivity index (χ0n) is 12.6. The summed E-state index contributed by atoms with van der Waals surface area (Å²) in [6.07, 6.45) is 0.0384. The second-order valence-electron chi connectivity index (χ2n) is 4.69. The van der Waals surface area contributed by atoms with E-state index < -0.39 is 45.8 Å². The van der Waals surface area contributed by atoms with Crippen molar-refractivity contribution in [3.8, 4) is 0 Å². The maximum Gasteiger partial charge on any atom is 0.307 e. The van der Waals surface area contributed by atoms with Crippen LogP contribution in [0.15, 0.2) is 41.8 Å². The van der Waals surface area contributed by atoms with E-state index in [1.807, 2.05) is 0 Å². The van der Waals surface area contributed by atoms with Crippen molar-refractivity contribution >= 4 is 21.7 Å². The SMILES string of the molecule is C=CCNC(=O)[C@H](C)OC(=O)CCS(=O)(=O)c1ccc(F)cc1. The van der Waals surface area contributed by atoms with Gasteiger partial charge in [0, 0.05) is 6.54 Å². The summed E-state index contributed by atoms with van der Waals surface area (Å²) in [4.78, 5) is 23.0. The first kappa shape index (κ1) is 18.8. The quantitative estimate of drug-likeness (QED) is 0.435. The average molecular weight is 343 g/mol. The number of hydrogen-bond donors (Lipinski definition) is 1. The average Bonchev–Trinajstić information content (AvgIpc) is 2.51. The van der Waals surface area contributed by atoms with Crippen LogP contribution >= 0.6 is 0 Å². The van der Waals surface area contributed by atoms with Crippen LogP contribution in [0.3, 0.4) is 0 Å². The molecule has 0 aliphatic heterocycles. The Morgan fingerprint density at radius 1 is 1.35 bits per heavy atom. The zero-order valence-corrected chi connectivity index (χ0v) is 13.4. The maximum atomic E-state index is 12.8. The molecule has 0 aliphatic rings. The first-order valence-corrected chi connectivity index (χ1v) is 8.48. The Balaban J connectivity index is 2.53. The van der Waals surface area contributed by atoms with Crippen molar-refractivity contribution in [1.82, 2.24) is 5.32 Å². The molecule has 0 saturated heterocycles. The Hall–Kier alpha value is -2.22. The fourth-order valence-corrected chi connectivity index (χ4v) is 2.83. The number of esters is 1.